The Morgan fingerprint density at radius 1 is 1.56 bits per heavy atom. The minimum absolute atomic E-state index is 0.117. The second-order valence-electron chi connectivity index (χ2n) is 4.79. The van der Waals surface area contributed by atoms with Crippen molar-refractivity contribution in [3.05, 3.63) is 23.9 Å². The molecule has 5 heteroatoms. The maximum atomic E-state index is 10.9. The van der Waals surface area contributed by atoms with Crippen LogP contribution in [0.1, 0.15) is 24.3 Å². The van der Waals surface area contributed by atoms with Crippen molar-refractivity contribution in [1.82, 2.24) is 4.98 Å². The van der Waals surface area contributed by atoms with Crippen molar-refractivity contribution in [3.8, 4) is 0 Å². The molecule has 98 valence electrons. The van der Waals surface area contributed by atoms with Crippen LogP contribution in [0.5, 0.6) is 0 Å². The van der Waals surface area contributed by atoms with Crippen molar-refractivity contribution in [2.45, 2.75) is 19.1 Å². The molecule has 0 amide bonds. The molecule has 1 fully saturated rings. The molecule has 1 aromatic heterocycles. The molecule has 0 aromatic carbocycles. The molecule has 0 spiro atoms. The first-order valence-electron chi connectivity index (χ1n) is 6.15. The molecule has 0 radical (unpaired) electrons. The molecule has 1 aliphatic rings. The normalized spacial score (nSPS) is 20.2. The topological polar surface area (TPSA) is 53.4 Å². The zero-order valence-electron chi connectivity index (χ0n) is 10.7. The molecule has 0 saturated carbocycles. The number of carboxylic acids is 1. The zero-order chi connectivity index (χ0) is 13.1. The Morgan fingerprint density at radius 3 is 3.00 bits per heavy atom. The number of carboxylic acid groups (broad SMARTS) is 1. The van der Waals surface area contributed by atoms with E-state index in [9.17, 15) is 4.79 Å². The Kier molecular flexibility index (Phi) is 4.11. The molecule has 4 nitrogen and oxygen atoms in total. The standard InChI is InChI=1S/C13H18N2O2S/c1-9(2)11-8-15(6-7-18-11)12-5-3-4-10(14-12)13(16)17/h3-5,9,11H,6-8H2,1-2H3,(H,16,17). The number of hydrogen-bond donors (Lipinski definition) is 1. The van der Waals surface area contributed by atoms with Crippen LogP contribution < -0.4 is 4.90 Å². The van der Waals surface area contributed by atoms with E-state index < -0.39 is 5.97 Å². The first-order chi connectivity index (χ1) is 8.58. The van der Waals surface area contributed by atoms with Crippen LogP contribution in [0.2, 0.25) is 0 Å². The average molecular weight is 266 g/mol. The summed E-state index contributed by atoms with van der Waals surface area (Å²) >= 11 is 1.99. The highest BCUT2D eigenvalue weighted by Crippen LogP contribution is 2.27. The van der Waals surface area contributed by atoms with E-state index in [4.69, 9.17) is 5.11 Å². The molecule has 1 unspecified atom stereocenters. The number of hydrogen-bond acceptors (Lipinski definition) is 4. The molecule has 1 aliphatic heterocycles. The maximum Gasteiger partial charge on any atom is 0.354 e. The quantitative estimate of drug-likeness (QED) is 0.910. The lowest BCUT2D eigenvalue weighted by molar-refractivity contribution is 0.0690. The van der Waals surface area contributed by atoms with Crippen molar-refractivity contribution in [2.75, 3.05) is 23.7 Å². The number of carbonyl (C=O) groups is 1. The van der Waals surface area contributed by atoms with Crippen LogP contribution in [0, 0.1) is 5.92 Å². The van der Waals surface area contributed by atoms with E-state index >= 15 is 0 Å². The van der Waals surface area contributed by atoms with E-state index in [1.807, 2.05) is 17.8 Å². The van der Waals surface area contributed by atoms with Crippen LogP contribution in [0.25, 0.3) is 0 Å². The van der Waals surface area contributed by atoms with Gasteiger partial charge >= 0.3 is 5.97 Å². The van der Waals surface area contributed by atoms with E-state index in [-0.39, 0.29) is 5.69 Å². The van der Waals surface area contributed by atoms with Gasteiger partial charge in [-0.05, 0) is 18.1 Å². The van der Waals surface area contributed by atoms with Crippen molar-refractivity contribution in [1.29, 1.82) is 0 Å². The molecule has 2 heterocycles. The van der Waals surface area contributed by atoms with Crippen molar-refractivity contribution < 1.29 is 9.90 Å². The molecular weight excluding hydrogens is 248 g/mol. The summed E-state index contributed by atoms with van der Waals surface area (Å²) in [6.45, 7) is 6.33. The molecule has 0 bridgehead atoms. The van der Waals surface area contributed by atoms with Gasteiger partial charge in [0.2, 0.25) is 0 Å². The van der Waals surface area contributed by atoms with Gasteiger partial charge in [0.1, 0.15) is 5.82 Å². The second kappa shape index (κ2) is 5.61. The number of aromatic carboxylic acids is 1. The van der Waals surface area contributed by atoms with Crippen LogP contribution in [0.3, 0.4) is 0 Å². The van der Waals surface area contributed by atoms with E-state index in [1.165, 1.54) is 6.07 Å². The third kappa shape index (κ3) is 2.96. The van der Waals surface area contributed by atoms with Gasteiger partial charge in [0, 0.05) is 24.1 Å². The first-order valence-corrected chi connectivity index (χ1v) is 7.19. The Hall–Kier alpha value is -1.23. The highest BCUT2D eigenvalue weighted by atomic mass is 32.2. The Bertz CT molecular complexity index is 437. The fourth-order valence-electron chi connectivity index (χ4n) is 2.01. The third-order valence-electron chi connectivity index (χ3n) is 3.11. The Morgan fingerprint density at radius 2 is 2.33 bits per heavy atom. The fraction of sp³-hybridized carbons (Fsp3) is 0.538. The zero-order valence-corrected chi connectivity index (χ0v) is 11.5. The van der Waals surface area contributed by atoms with Gasteiger partial charge in [-0.2, -0.15) is 11.8 Å². The molecular formula is C13H18N2O2S. The van der Waals surface area contributed by atoms with Crippen molar-refractivity contribution in [2.24, 2.45) is 5.92 Å². The van der Waals surface area contributed by atoms with Crippen LogP contribution in [0.15, 0.2) is 18.2 Å². The molecule has 2 rings (SSSR count). The van der Waals surface area contributed by atoms with Gasteiger partial charge in [0.25, 0.3) is 0 Å². The Balaban J connectivity index is 2.15. The van der Waals surface area contributed by atoms with E-state index in [2.05, 4.69) is 23.7 Å². The molecule has 18 heavy (non-hydrogen) atoms. The van der Waals surface area contributed by atoms with Gasteiger partial charge in [-0.1, -0.05) is 19.9 Å². The smallest absolute Gasteiger partial charge is 0.354 e. The number of anilines is 1. The van der Waals surface area contributed by atoms with Crippen LogP contribution in [0.4, 0.5) is 5.82 Å². The molecule has 1 saturated heterocycles. The van der Waals surface area contributed by atoms with Crippen LogP contribution >= 0.6 is 11.8 Å². The summed E-state index contributed by atoms with van der Waals surface area (Å²) < 4.78 is 0. The van der Waals surface area contributed by atoms with Crippen LogP contribution in [-0.4, -0.2) is 40.2 Å². The minimum Gasteiger partial charge on any atom is -0.477 e. The first kappa shape index (κ1) is 13.2. The van der Waals surface area contributed by atoms with E-state index in [0.717, 1.165) is 24.7 Å². The van der Waals surface area contributed by atoms with Crippen LogP contribution in [-0.2, 0) is 0 Å². The minimum atomic E-state index is -0.969. The second-order valence-corrected chi connectivity index (χ2v) is 6.13. The van der Waals surface area contributed by atoms with Gasteiger partial charge in [0.05, 0.1) is 0 Å². The number of rotatable bonds is 3. The number of nitrogens with zero attached hydrogens (tertiary/aromatic N) is 2. The lowest BCUT2D eigenvalue weighted by Gasteiger charge is -2.35. The summed E-state index contributed by atoms with van der Waals surface area (Å²) in [5.41, 5.74) is 0.117. The molecule has 1 aromatic rings. The highest BCUT2D eigenvalue weighted by molar-refractivity contribution is 8.00. The number of aromatic nitrogens is 1. The summed E-state index contributed by atoms with van der Waals surface area (Å²) in [7, 11) is 0. The lowest BCUT2D eigenvalue weighted by Crippen LogP contribution is -2.40. The van der Waals surface area contributed by atoms with Gasteiger partial charge in [-0.3, -0.25) is 0 Å². The summed E-state index contributed by atoms with van der Waals surface area (Å²) in [5, 5.41) is 9.55. The fourth-order valence-corrected chi connectivity index (χ4v) is 3.30. The highest BCUT2D eigenvalue weighted by Gasteiger charge is 2.24. The predicted molar refractivity (Wildman–Crippen MR) is 74.5 cm³/mol. The number of pyridine rings is 1. The monoisotopic (exact) mass is 266 g/mol. The summed E-state index contributed by atoms with van der Waals surface area (Å²) in [5.74, 6) is 1.51. The summed E-state index contributed by atoms with van der Waals surface area (Å²) in [6.07, 6.45) is 0. The van der Waals surface area contributed by atoms with Gasteiger partial charge in [0.15, 0.2) is 5.69 Å². The largest absolute Gasteiger partial charge is 0.477 e. The summed E-state index contributed by atoms with van der Waals surface area (Å²) in [6, 6.07) is 5.18. The van der Waals surface area contributed by atoms with Crippen molar-refractivity contribution >= 4 is 23.5 Å². The van der Waals surface area contributed by atoms with Gasteiger partial charge in [-0.25, -0.2) is 9.78 Å². The van der Waals surface area contributed by atoms with Crippen molar-refractivity contribution in [3.63, 3.8) is 0 Å². The molecule has 1 N–H and O–H groups in total. The van der Waals surface area contributed by atoms with E-state index in [0.29, 0.717) is 11.2 Å². The average Bonchev–Trinajstić information content (AvgIpc) is 2.39. The molecule has 0 aliphatic carbocycles. The number of thioether (sulfide) groups is 1. The third-order valence-corrected chi connectivity index (χ3v) is 4.65. The lowest BCUT2D eigenvalue weighted by atomic mass is 10.1. The SMILES string of the molecule is CC(C)C1CN(c2cccc(C(=O)O)n2)CCS1. The van der Waals surface area contributed by atoms with E-state index in [1.54, 1.807) is 6.07 Å². The predicted octanol–water partition coefficient (Wildman–Crippen LogP) is 2.36. The van der Waals surface area contributed by atoms with Gasteiger partial charge < -0.3 is 10.0 Å². The van der Waals surface area contributed by atoms with Gasteiger partial charge in [-0.15, -0.1) is 0 Å². The Labute approximate surface area is 111 Å². The maximum absolute atomic E-state index is 10.9. The molecule has 1 atom stereocenters. The summed E-state index contributed by atoms with van der Waals surface area (Å²) in [4.78, 5) is 17.3.